The Morgan fingerprint density at radius 1 is 1.22 bits per heavy atom. The summed E-state index contributed by atoms with van der Waals surface area (Å²) in [4.78, 5) is 11.3. The molecule has 0 atom stereocenters. The Kier molecular flexibility index (Phi) is 2.95. The molecule has 0 aliphatic carbocycles. The Hall–Kier alpha value is -2.10. The van der Waals surface area contributed by atoms with Crippen molar-refractivity contribution in [2.24, 2.45) is 0 Å². The van der Waals surface area contributed by atoms with Crippen molar-refractivity contribution >= 4 is 5.97 Å². The maximum Gasteiger partial charge on any atom is 0.337 e. The smallest absolute Gasteiger partial charge is 0.337 e. The third-order valence-electron chi connectivity index (χ3n) is 3.26. The van der Waals surface area contributed by atoms with Crippen molar-refractivity contribution in [2.45, 2.75) is 27.7 Å². The van der Waals surface area contributed by atoms with Crippen molar-refractivity contribution < 1.29 is 9.90 Å². The molecule has 0 saturated heterocycles. The number of hydrogen-bond donors (Lipinski definition) is 1. The molecular weight excluding hydrogens is 228 g/mol. The normalized spacial score (nSPS) is 10.7. The summed E-state index contributed by atoms with van der Waals surface area (Å²) in [6.07, 6.45) is 0. The number of hydrogen-bond acceptors (Lipinski definition) is 2. The van der Waals surface area contributed by atoms with Gasteiger partial charge in [-0.25, -0.2) is 9.48 Å². The molecule has 0 unspecified atom stereocenters. The SMILES string of the molecule is Cc1ccc(-n2nc(C)c(C)c2C)c(C(=O)O)c1. The summed E-state index contributed by atoms with van der Waals surface area (Å²) in [6.45, 7) is 7.74. The predicted octanol–water partition coefficient (Wildman–Crippen LogP) is 2.80. The lowest BCUT2D eigenvalue weighted by molar-refractivity contribution is 0.0696. The van der Waals surface area contributed by atoms with Crippen LogP contribution in [0.25, 0.3) is 5.69 Å². The van der Waals surface area contributed by atoms with E-state index in [1.165, 1.54) is 0 Å². The van der Waals surface area contributed by atoms with Gasteiger partial charge in [-0.1, -0.05) is 11.6 Å². The van der Waals surface area contributed by atoms with Crippen molar-refractivity contribution in [3.63, 3.8) is 0 Å². The highest BCUT2D eigenvalue weighted by atomic mass is 16.4. The second-order valence-electron chi connectivity index (χ2n) is 4.53. The summed E-state index contributed by atoms with van der Waals surface area (Å²) in [7, 11) is 0. The van der Waals surface area contributed by atoms with Gasteiger partial charge in [-0.15, -0.1) is 0 Å². The van der Waals surface area contributed by atoms with Crippen LogP contribution in [0.2, 0.25) is 0 Å². The average molecular weight is 244 g/mol. The lowest BCUT2D eigenvalue weighted by atomic mass is 10.1. The first kappa shape index (κ1) is 12.4. The van der Waals surface area contributed by atoms with Gasteiger partial charge in [0.05, 0.1) is 16.9 Å². The Balaban J connectivity index is 2.71. The molecular formula is C14H16N2O2. The summed E-state index contributed by atoms with van der Waals surface area (Å²) >= 11 is 0. The fourth-order valence-electron chi connectivity index (χ4n) is 1.96. The molecule has 0 radical (unpaired) electrons. The van der Waals surface area contributed by atoms with Gasteiger partial charge in [0.15, 0.2) is 0 Å². The van der Waals surface area contributed by atoms with Gasteiger partial charge >= 0.3 is 5.97 Å². The number of carboxylic acids is 1. The topological polar surface area (TPSA) is 55.1 Å². The molecule has 0 saturated carbocycles. The van der Waals surface area contributed by atoms with Crippen LogP contribution in [-0.4, -0.2) is 20.9 Å². The van der Waals surface area contributed by atoms with E-state index in [9.17, 15) is 9.90 Å². The van der Waals surface area contributed by atoms with Crippen LogP contribution >= 0.6 is 0 Å². The third-order valence-corrected chi connectivity index (χ3v) is 3.26. The highest BCUT2D eigenvalue weighted by Crippen LogP contribution is 2.21. The van der Waals surface area contributed by atoms with Crippen molar-refractivity contribution in [3.05, 3.63) is 46.3 Å². The maximum atomic E-state index is 11.3. The highest BCUT2D eigenvalue weighted by molar-refractivity contribution is 5.92. The summed E-state index contributed by atoms with van der Waals surface area (Å²) in [5.74, 6) is -0.932. The number of rotatable bonds is 2. The Bertz CT molecular complexity index is 627. The van der Waals surface area contributed by atoms with Gasteiger partial charge < -0.3 is 5.11 Å². The number of carboxylic acid groups (broad SMARTS) is 1. The molecule has 0 bridgehead atoms. The van der Waals surface area contributed by atoms with Crippen molar-refractivity contribution in [2.75, 3.05) is 0 Å². The van der Waals surface area contributed by atoms with Crippen LogP contribution in [-0.2, 0) is 0 Å². The molecule has 0 aliphatic heterocycles. The number of benzene rings is 1. The van der Waals surface area contributed by atoms with Gasteiger partial charge in [-0.3, -0.25) is 0 Å². The Morgan fingerprint density at radius 3 is 2.39 bits per heavy atom. The molecule has 0 amide bonds. The van der Waals surface area contributed by atoms with Crippen molar-refractivity contribution in [3.8, 4) is 5.69 Å². The lowest BCUT2D eigenvalue weighted by Crippen LogP contribution is -2.08. The van der Waals surface area contributed by atoms with Crippen molar-refractivity contribution in [1.82, 2.24) is 9.78 Å². The fraction of sp³-hybridized carbons (Fsp3) is 0.286. The highest BCUT2D eigenvalue weighted by Gasteiger charge is 2.16. The summed E-state index contributed by atoms with van der Waals surface area (Å²) in [5.41, 5.74) is 4.80. The monoisotopic (exact) mass is 244 g/mol. The van der Waals surface area contributed by atoms with E-state index in [2.05, 4.69) is 5.10 Å². The molecule has 94 valence electrons. The van der Waals surface area contributed by atoms with E-state index in [4.69, 9.17) is 0 Å². The van der Waals surface area contributed by atoms with Gasteiger partial charge in [0.2, 0.25) is 0 Å². The van der Waals surface area contributed by atoms with Gasteiger partial charge in [-0.2, -0.15) is 5.10 Å². The summed E-state index contributed by atoms with van der Waals surface area (Å²) in [6, 6.07) is 5.37. The number of aryl methyl sites for hydroxylation is 2. The molecule has 4 nitrogen and oxygen atoms in total. The molecule has 0 fully saturated rings. The first-order valence-electron chi connectivity index (χ1n) is 5.79. The van der Waals surface area contributed by atoms with Crippen LogP contribution in [0.3, 0.4) is 0 Å². The Morgan fingerprint density at radius 2 is 1.89 bits per heavy atom. The first-order chi connectivity index (χ1) is 8.41. The van der Waals surface area contributed by atoms with Gasteiger partial charge in [0.25, 0.3) is 0 Å². The number of aromatic carboxylic acids is 1. The van der Waals surface area contributed by atoms with Crippen LogP contribution in [0.4, 0.5) is 0 Å². The summed E-state index contributed by atoms with van der Waals surface area (Å²) < 4.78 is 1.70. The molecule has 1 aromatic carbocycles. The van der Waals surface area contributed by atoms with E-state index in [0.717, 1.165) is 22.5 Å². The van der Waals surface area contributed by atoms with E-state index >= 15 is 0 Å². The van der Waals surface area contributed by atoms with Gasteiger partial charge in [-0.05, 0) is 45.4 Å². The zero-order valence-electron chi connectivity index (χ0n) is 11.0. The molecule has 2 rings (SSSR count). The lowest BCUT2D eigenvalue weighted by Gasteiger charge is -2.09. The number of nitrogens with zero attached hydrogens (tertiary/aromatic N) is 2. The molecule has 4 heteroatoms. The third kappa shape index (κ3) is 1.90. The predicted molar refractivity (Wildman–Crippen MR) is 69.5 cm³/mol. The van der Waals surface area contributed by atoms with E-state index < -0.39 is 5.97 Å². The zero-order chi connectivity index (χ0) is 13.4. The summed E-state index contributed by atoms with van der Waals surface area (Å²) in [5, 5.41) is 13.7. The van der Waals surface area contributed by atoms with Gasteiger partial charge in [0.1, 0.15) is 0 Å². The maximum absolute atomic E-state index is 11.3. The van der Waals surface area contributed by atoms with Crippen LogP contribution in [0.5, 0.6) is 0 Å². The Labute approximate surface area is 106 Å². The van der Waals surface area contributed by atoms with E-state index in [-0.39, 0.29) is 5.56 Å². The molecule has 0 spiro atoms. The van der Waals surface area contributed by atoms with Crippen LogP contribution in [0.1, 0.15) is 32.9 Å². The van der Waals surface area contributed by atoms with Crippen LogP contribution < -0.4 is 0 Å². The van der Waals surface area contributed by atoms with Gasteiger partial charge in [0, 0.05) is 5.69 Å². The molecule has 0 aliphatic rings. The largest absolute Gasteiger partial charge is 0.478 e. The standard InChI is InChI=1S/C14H16N2O2/c1-8-5-6-13(12(7-8)14(17)18)16-11(4)9(2)10(3)15-16/h5-7H,1-4H3,(H,17,18). The quantitative estimate of drug-likeness (QED) is 0.883. The first-order valence-corrected chi connectivity index (χ1v) is 5.79. The minimum absolute atomic E-state index is 0.278. The second kappa shape index (κ2) is 4.29. The van der Waals surface area contributed by atoms with E-state index in [1.807, 2.05) is 33.8 Å². The second-order valence-corrected chi connectivity index (χ2v) is 4.53. The van der Waals surface area contributed by atoms with Crippen molar-refractivity contribution in [1.29, 1.82) is 0 Å². The van der Waals surface area contributed by atoms with Crippen LogP contribution in [0, 0.1) is 27.7 Å². The zero-order valence-corrected chi connectivity index (χ0v) is 11.0. The van der Waals surface area contributed by atoms with E-state index in [0.29, 0.717) is 5.69 Å². The fourth-order valence-corrected chi connectivity index (χ4v) is 1.96. The average Bonchev–Trinajstić information content (AvgIpc) is 2.57. The molecule has 2 aromatic rings. The molecule has 1 N–H and O–H groups in total. The van der Waals surface area contributed by atoms with Crippen LogP contribution in [0.15, 0.2) is 18.2 Å². The number of carbonyl (C=O) groups is 1. The molecule has 18 heavy (non-hydrogen) atoms. The van der Waals surface area contributed by atoms with E-state index in [1.54, 1.807) is 16.8 Å². The molecule has 1 aromatic heterocycles. The minimum atomic E-state index is -0.932. The molecule has 1 heterocycles. The number of aromatic nitrogens is 2. The minimum Gasteiger partial charge on any atom is -0.478 e.